The normalized spacial score (nSPS) is 11.3. The maximum absolute atomic E-state index is 12.9. The van der Waals surface area contributed by atoms with Gasteiger partial charge >= 0.3 is 0 Å². The number of amides is 2. The van der Waals surface area contributed by atoms with E-state index in [0.29, 0.717) is 29.8 Å². The SMILES string of the molecule is COc1cc(C(=O)NS(=O)(=O)c2ccccc2C)ccc1Cc1cn(C)c2ccc(C(=O)NCCc3ccccc3)cc12. The van der Waals surface area contributed by atoms with E-state index < -0.39 is 15.9 Å². The highest BCUT2D eigenvalue weighted by Crippen LogP contribution is 2.29. The van der Waals surface area contributed by atoms with Crippen molar-refractivity contribution >= 4 is 32.7 Å². The number of benzene rings is 4. The lowest BCUT2D eigenvalue weighted by Crippen LogP contribution is -2.31. The van der Waals surface area contributed by atoms with E-state index in [-0.39, 0.29) is 16.4 Å². The third-order valence-electron chi connectivity index (χ3n) is 7.42. The summed E-state index contributed by atoms with van der Waals surface area (Å²) in [5, 5.41) is 3.94. The van der Waals surface area contributed by atoms with E-state index in [1.807, 2.05) is 66.3 Å². The number of ether oxygens (including phenoxy) is 1. The fourth-order valence-electron chi connectivity index (χ4n) is 5.15. The molecule has 4 aromatic carbocycles. The summed E-state index contributed by atoms with van der Waals surface area (Å²) in [4.78, 5) is 25.9. The first-order chi connectivity index (χ1) is 20.7. The fraction of sp³-hybridized carbons (Fsp3) is 0.176. The van der Waals surface area contributed by atoms with Gasteiger partial charge < -0.3 is 14.6 Å². The molecule has 0 fully saturated rings. The first-order valence-corrected chi connectivity index (χ1v) is 15.3. The Balaban J connectivity index is 1.34. The van der Waals surface area contributed by atoms with Gasteiger partial charge in [-0.05, 0) is 72.0 Å². The van der Waals surface area contributed by atoms with Crippen LogP contribution in [0.3, 0.4) is 0 Å². The number of rotatable bonds is 10. The van der Waals surface area contributed by atoms with Gasteiger partial charge in [-0.2, -0.15) is 0 Å². The Labute approximate surface area is 251 Å². The Morgan fingerprint density at radius 2 is 1.53 bits per heavy atom. The van der Waals surface area contributed by atoms with Crippen LogP contribution in [0.2, 0.25) is 0 Å². The second kappa shape index (κ2) is 12.5. The van der Waals surface area contributed by atoms with Crippen LogP contribution in [-0.2, 0) is 29.9 Å². The van der Waals surface area contributed by atoms with Gasteiger partial charge in [-0.1, -0.05) is 54.6 Å². The molecular formula is C34H33N3O5S. The Morgan fingerprint density at radius 3 is 2.28 bits per heavy atom. The Bertz CT molecular complexity index is 1910. The van der Waals surface area contributed by atoms with Crippen molar-refractivity contribution in [2.75, 3.05) is 13.7 Å². The Hall–Kier alpha value is -4.89. The first-order valence-electron chi connectivity index (χ1n) is 13.9. The Kier molecular flexibility index (Phi) is 8.63. The van der Waals surface area contributed by atoms with Crippen molar-refractivity contribution in [2.45, 2.75) is 24.7 Å². The zero-order valence-electron chi connectivity index (χ0n) is 24.3. The summed E-state index contributed by atoms with van der Waals surface area (Å²) in [5.41, 5.74) is 5.20. The molecule has 0 aliphatic carbocycles. The van der Waals surface area contributed by atoms with Crippen LogP contribution < -0.4 is 14.8 Å². The monoisotopic (exact) mass is 595 g/mol. The molecule has 0 saturated heterocycles. The fourth-order valence-corrected chi connectivity index (χ4v) is 6.38. The van der Waals surface area contributed by atoms with Gasteiger partial charge in [0, 0.05) is 48.2 Å². The summed E-state index contributed by atoms with van der Waals surface area (Å²) in [6.45, 7) is 2.21. The number of carbonyl (C=O) groups excluding carboxylic acids is 2. The first kappa shape index (κ1) is 29.6. The zero-order chi connectivity index (χ0) is 30.6. The predicted octanol–water partition coefficient (Wildman–Crippen LogP) is 5.18. The molecule has 220 valence electrons. The summed E-state index contributed by atoms with van der Waals surface area (Å²) >= 11 is 0. The van der Waals surface area contributed by atoms with Gasteiger partial charge in [0.2, 0.25) is 0 Å². The second-order valence-corrected chi connectivity index (χ2v) is 12.0. The van der Waals surface area contributed by atoms with Gasteiger partial charge in [0.1, 0.15) is 5.75 Å². The summed E-state index contributed by atoms with van der Waals surface area (Å²) in [6.07, 6.45) is 3.23. The highest BCUT2D eigenvalue weighted by Gasteiger charge is 2.22. The third kappa shape index (κ3) is 6.62. The van der Waals surface area contributed by atoms with E-state index in [4.69, 9.17) is 4.74 Å². The van der Waals surface area contributed by atoms with E-state index in [9.17, 15) is 18.0 Å². The van der Waals surface area contributed by atoms with Crippen molar-refractivity contribution in [2.24, 2.45) is 7.05 Å². The molecule has 0 atom stereocenters. The maximum atomic E-state index is 12.9. The summed E-state index contributed by atoms with van der Waals surface area (Å²) in [7, 11) is -0.590. The molecule has 0 bridgehead atoms. The van der Waals surface area contributed by atoms with Gasteiger partial charge in [-0.3, -0.25) is 9.59 Å². The van der Waals surface area contributed by atoms with E-state index in [1.165, 1.54) is 19.2 Å². The molecular weight excluding hydrogens is 562 g/mol. The molecule has 0 radical (unpaired) electrons. The number of fused-ring (bicyclic) bond motifs is 1. The van der Waals surface area contributed by atoms with Gasteiger partial charge in [0.25, 0.3) is 21.8 Å². The van der Waals surface area contributed by atoms with Crippen molar-refractivity contribution in [3.05, 3.63) is 131 Å². The molecule has 1 heterocycles. The largest absolute Gasteiger partial charge is 0.496 e. The molecule has 0 aliphatic heterocycles. The van der Waals surface area contributed by atoms with E-state index in [1.54, 1.807) is 37.3 Å². The predicted molar refractivity (Wildman–Crippen MR) is 167 cm³/mol. The van der Waals surface area contributed by atoms with Crippen LogP contribution in [0, 0.1) is 6.92 Å². The number of aryl methyl sites for hydroxylation is 2. The van der Waals surface area contributed by atoms with Crippen molar-refractivity contribution < 1.29 is 22.7 Å². The van der Waals surface area contributed by atoms with Crippen molar-refractivity contribution in [1.29, 1.82) is 0 Å². The van der Waals surface area contributed by atoms with E-state index in [2.05, 4.69) is 10.0 Å². The molecule has 9 heteroatoms. The van der Waals surface area contributed by atoms with Crippen molar-refractivity contribution in [3.63, 3.8) is 0 Å². The highest BCUT2D eigenvalue weighted by atomic mass is 32.2. The van der Waals surface area contributed by atoms with Crippen LogP contribution in [0.25, 0.3) is 10.9 Å². The zero-order valence-corrected chi connectivity index (χ0v) is 25.1. The lowest BCUT2D eigenvalue weighted by molar-refractivity contribution is 0.0951. The summed E-state index contributed by atoms with van der Waals surface area (Å²) < 4.78 is 35.4. The van der Waals surface area contributed by atoms with Gasteiger partial charge in [0.15, 0.2) is 0 Å². The molecule has 0 saturated carbocycles. The maximum Gasteiger partial charge on any atom is 0.265 e. The molecule has 2 amide bonds. The molecule has 8 nitrogen and oxygen atoms in total. The average molecular weight is 596 g/mol. The molecule has 1 aromatic heterocycles. The number of hydrogen-bond donors (Lipinski definition) is 2. The minimum Gasteiger partial charge on any atom is -0.496 e. The second-order valence-electron chi connectivity index (χ2n) is 10.4. The van der Waals surface area contributed by atoms with Gasteiger partial charge in [-0.15, -0.1) is 0 Å². The number of carbonyl (C=O) groups is 2. The van der Waals surface area contributed by atoms with E-state index >= 15 is 0 Å². The van der Waals surface area contributed by atoms with Crippen LogP contribution >= 0.6 is 0 Å². The highest BCUT2D eigenvalue weighted by molar-refractivity contribution is 7.90. The number of nitrogens with one attached hydrogen (secondary N) is 2. The van der Waals surface area contributed by atoms with Crippen LogP contribution in [0.4, 0.5) is 0 Å². The summed E-state index contributed by atoms with van der Waals surface area (Å²) in [6, 6.07) is 27.0. The molecule has 2 N–H and O–H groups in total. The number of methoxy groups -OCH3 is 1. The van der Waals surface area contributed by atoms with Gasteiger partial charge in [0.05, 0.1) is 12.0 Å². The standard InChI is InChI=1S/C34H33N3O5S/c1-23-9-7-8-12-32(23)43(40,41)36-34(39)27-14-13-25(31(21-27)42-3)19-28-22-37(2)30-16-15-26(20-29(28)30)33(38)35-18-17-24-10-5-4-6-11-24/h4-16,20-22H,17-19H2,1-3H3,(H,35,38)(H,36,39). The number of aromatic nitrogens is 1. The molecule has 43 heavy (non-hydrogen) atoms. The van der Waals surface area contributed by atoms with Crippen LogP contribution in [0.5, 0.6) is 5.75 Å². The lowest BCUT2D eigenvalue weighted by atomic mass is 10.0. The minimum absolute atomic E-state index is 0.0483. The number of sulfonamides is 1. The van der Waals surface area contributed by atoms with E-state index in [0.717, 1.165) is 34.0 Å². The van der Waals surface area contributed by atoms with Crippen molar-refractivity contribution in [3.8, 4) is 5.75 Å². The van der Waals surface area contributed by atoms with Gasteiger partial charge in [-0.25, -0.2) is 13.1 Å². The van der Waals surface area contributed by atoms with Crippen LogP contribution in [-0.4, -0.2) is 38.5 Å². The van der Waals surface area contributed by atoms with Crippen LogP contribution in [0.1, 0.15) is 43.0 Å². The number of hydrogen-bond acceptors (Lipinski definition) is 5. The minimum atomic E-state index is -4.05. The van der Waals surface area contributed by atoms with Crippen molar-refractivity contribution in [1.82, 2.24) is 14.6 Å². The molecule has 0 unspecified atom stereocenters. The smallest absolute Gasteiger partial charge is 0.265 e. The number of nitrogens with zero attached hydrogens (tertiary/aromatic N) is 1. The molecule has 5 aromatic rings. The quantitative estimate of drug-likeness (QED) is 0.232. The summed E-state index contributed by atoms with van der Waals surface area (Å²) in [5.74, 6) is -0.435. The Morgan fingerprint density at radius 1 is 0.837 bits per heavy atom. The molecule has 0 aliphatic rings. The molecule has 0 spiro atoms. The lowest BCUT2D eigenvalue weighted by Gasteiger charge is -2.12. The average Bonchev–Trinajstić information content (AvgIpc) is 3.31. The topological polar surface area (TPSA) is 106 Å². The third-order valence-corrected chi connectivity index (χ3v) is 8.91. The van der Waals surface area contributed by atoms with Crippen LogP contribution in [0.15, 0.2) is 102 Å². The molecule has 5 rings (SSSR count).